The first-order valence-corrected chi connectivity index (χ1v) is 10.9. The van der Waals surface area contributed by atoms with Crippen LogP contribution in [0.25, 0.3) is 10.4 Å². The van der Waals surface area contributed by atoms with Gasteiger partial charge in [-0.2, -0.15) is 0 Å². The fourth-order valence-electron chi connectivity index (χ4n) is 3.51. The van der Waals surface area contributed by atoms with Crippen LogP contribution in [-0.4, -0.2) is 6.29 Å². The summed E-state index contributed by atoms with van der Waals surface area (Å²) in [7, 11) is 0. The van der Waals surface area contributed by atoms with Crippen LogP contribution in [0.1, 0.15) is 66.2 Å². The van der Waals surface area contributed by atoms with Gasteiger partial charge in [0, 0.05) is 4.88 Å². The molecule has 1 heterocycles. The smallest absolute Gasteiger partial charge is 0.160 e. The van der Waals surface area contributed by atoms with E-state index in [1.54, 1.807) is 0 Å². The van der Waals surface area contributed by atoms with Crippen molar-refractivity contribution in [3.63, 3.8) is 0 Å². The van der Waals surface area contributed by atoms with Gasteiger partial charge >= 0.3 is 0 Å². The summed E-state index contributed by atoms with van der Waals surface area (Å²) in [5.41, 5.74) is 3.69. The van der Waals surface area contributed by atoms with Crippen LogP contribution in [-0.2, 0) is 6.61 Å². The van der Waals surface area contributed by atoms with Crippen molar-refractivity contribution in [3.8, 4) is 16.2 Å². The Bertz CT molecular complexity index is 856. The molecule has 1 aromatic heterocycles. The van der Waals surface area contributed by atoms with E-state index in [2.05, 4.69) is 62.4 Å². The number of thiophene rings is 1. The Balaban J connectivity index is 1.58. The number of carbonyl (C=O) groups is 1. The normalized spacial score (nSPS) is 11.0. The van der Waals surface area contributed by atoms with Crippen molar-refractivity contribution in [2.75, 3.05) is 0 Å². The summed E-state index contributed by atoms with van der Waals surface area (Å²) in [6.45, 7) is 5.06. The van der Waals surface area contributed by atoms with E-state index in [9.17, 15) is 4.79 Å². The van der Waals surface area contributed by atoms with Crippen molar-refractivity contribution in [1.82, 2.24) is 0 Å². The van der Waals surface area contributed by atoms with Crippen molar-refractivity contribution in [3.05, 3.63) is 76.7 Å². The number of rotatable bonds is 10. The molecule has 2 nitrogen and oxygen atoms in total. The highest BCUT2D eigenvalue weighted by molar-refractivity contribution is 7.17. The highest BCUT2D eigenvalue weighted by atomic mass is 32.1. The van der Waals surface area contributed by atoms with Gasteiger partial charge in [0.25, 0.3) is 0 Å². The molecule has 0 saturated carbocycles. The number of hydrogen-bond acceptors (Lipinski definition) is 3. The molecule has 0 fully saturated rings. The van der Waals surface area contributed by atoms with Crippen LogP contribution in [0.2, 0.25) is 0 Å². The van der Waals surface area contributed by atoms with E-state index in [0.29, 0.717) is 12.5 Å². The first kappa shape index (κ1) is 20.3. The van der Waals surface area contributed by atoms with E-state index in [1.165, 1.54) is 42.6 Å². The van der Waals surface area contributed by atoms with E-state index in [1.807, 2.05) is 12.1 Å². The molecule has 2 aromatic carbocycles. The van der Waals surface area contributed by atoms with E-state index in [4.69, 9.17) is 4.74 Å². The van der Waals surface area contributed by atoms with Gasteiger partial charge in [0.05, 0.1) is 4.88 Å². The molecule has 0 bridgehead atoms. The standard InChI is InChI=1S/C25H28O2S/c1-3-5-20(6-4-2)21-11-13-23(14-12-21)27-18-19-7-9-22(10-8-19)25-16-15-24(17-26)28-25/h7-17,20H,3-6,18H2,1-2H3. The Morgan fingerprint density at radius 3 is 2.14 bits per heavy atom. The predicted molar refractivity (Wildman–Crippen MR) is 118 cm³/mol. The zero-order chi connectivity index (χ0) is 19.8. The van der Waals surface area contributed by atoms with Crippen LogP contribution in [0.5, 0.6) is 5.75 Å². The number of carbonyl (C=O) groups excluding carboxylic acids is 1. The Labute approximate surface area is 172 Å². The lowest BCUT2D eigenvalue weighted by Crippen LogP contribution is -1.99. The van der Waals surface area contributed by atoms with Crippen molar-refractivity contribution in [2.45, 2.75) is 52.1 Å². The molecule has 3 heteroatoms. The van der Waals surface area contributed by atoms with E-state index in [-0.39, 0.29) is 0 Å². The van der Waals surface area contributed by atoms with Crippen LogP contribution in [0, 0.1) is 0 Å². The maximum atomic E-state index is 10.8. The Morgan fingerprint density at radius 2 is 1.57 bits per heavy atom. The quantitative estimate of drug-likeness (QED) is 0.334. The molecule has 0 aliphatic carbocycles. The second-order valence-corrected chi connectivity index (χ2v) is 8.26. The molecule has 0 N–H and O–H groups in total. The molecular weight excluding hydrogens is 364 g/mol. The monoisotopic (exact) mass is 392 g/mol. The lowest BCUT2D eigenvalue weighted by atomic mass is 9.90. The second-order valence-electron chi connectivity index (χ2n) is 7.15. The van der Waals surface area contributed by atoms with Gasteiger partial charge in [0.1, 0.15) is 12.4 Å². The first-order valence-electron chi connectivity index (χ1n) is 10.1. The highest BCUT2D eigenvalue weighted by Crippen LogP contribution is 2.29. The Morgan fingerprint density at radius 1 is 0.893 bits per heavy atom. The molecule has 0 aliphatic heterocycles. The minimum atomic E-state index is 0.553. The zero-order valence-electron chi connectivity index (χ0n) is 16.7. The summed E-state index contributed by atoms with van der Waals surface area (Å²) in [5, 5.41) is 0. The molecule has 0 amide bonds. The van der Waals surface area contributed by atoms with Crippen molar-refractivity contribution < 1.29 is 9.53 Å². The zero-order valence-corrected chi connectivity index (χ0v) is 17.5. The third kappa shape index (κ3) is 5.32. The third-order valence-electron chi connectivity index (χ3n) is 5.01. The second kappa shape index (κ2) is 10.2. The molecule has 0 radical (unpaired) electrons. The molecule has 3 aromatic rings. The van der Waals surface area contributed by atoms with E-state index < -0.39 is 0 Å². The summed E-state index contributed by atoms with van der Waals surface area (Å²) in [6, 6.07) is 20.8. The van der Waals surface area contributed by atoms with Gasteiger partial charge in [-0.25, -0.2) is 0 Å². The fourth-order valence-corrected chi connectivity index (χ4v) is 4.34. The van der Waals surface area contributed by atoms with Crippen molar-refractivity contribution in [2.24, 2.45) is 0 Å². The van der Waals surface area contributed by atoms with Gasteiger partial charge in [-0.1, -0.05) is 63.1 Å². The molecule has 3 rings (SSSR count). The Kier molecular flexibility index (Phi) is 7.44. The van der Waals surface area contributed by atoms with Gasteiger partial charge < -0.3 is 4.74 Å². The maximum Gasteiger partial charge on any atom is 0.160 e. The summed E-state index contributed by atoms with van der Waals surface area (Å²) >= 11 is 1.51. The lowest BCUT2D eigenvalue weighted by molar-refractivity contribution is 0.112. The maximum absolute atomic E-state index is 10.8. The molecule has 146 valence electrons. The number of aldehydes is 1. The van der Waals surface area contributed by atoms with Gasteiger partial charge in [-0.15, -0.1) is 11.3 Å². The molecule has 0 atom stereocenters. The fraction of sp³-hybridized carbons (Fsp3) is 0.320. The highest BCUT2D eigenvalue weighted by Gasteiger charge is 2.10. The van der Waals surface area contributed by atoms with Crippen molar-refractivity contribution in [1.29, 1.82) is 0 Å². The lowest BCUT2D eigenvalue weighted by Gasteiger charge is -2.16. The SMILES string of the molecule is CCCC(CCC)c1ccc(OCc2ccc(-c3ccc(C=O)s3)cc2)cc1. The summed E-state index contributed by atoms with van der Waals surface area (Å²) in [6.07, 6.45) is 5.84. The van der Waals surface area contributed by atoms with Gasteiger partial charge in [0.15, 0.2) is 6.29 Å². The minimum Gasteiger partial charge on any atom is -0.489 e. The van der Waals surface area contributed by atoms with Gasteiger partial charge in [-0.3, -0.25) is 4.79 Å². The van der Waals surface area contributed by atoms with Crippen LogP contribution in [0.3, 0.4) is 0 Å². The van der Waals surface area contributed by atoms with Crippen LogP contribution in [0.15, 0.2) is 60.7 Å². The number of benzene rings is 2. The van der Waals surface area contributed by atoms with E-state index in [0.717, 1.165) is 32.9 Å². The van der Waals surface area contributed by atoms with Gasteiger partial charge in [0.2, 0.25) is 0 Å². The molecule has 0 unspecified atom stereocenters. The largest absolute Gasteiger partial charge is 0.489 e. The third-order valence-corrected chi connectivity index (χ3v) is 6.07. The van der Waals surface area contributed by atoms with Crippen LogP contribution in [0.4, 0.5) is 0 Å². The summed E-state index contributed by atoms with van der Waals surface area (Å²) in [4.78, 5) is 12.7. The number of ether oxygens (including phenoxy) is 1. The predicted octanol–water partition coefficient (Wildman–Crippen LogP) is 7.49. The first-order chi connectivity index (χ1) is 13.7. The van der Waals surface area contributed by atoms with Crippen LogP contribution < -0.4 is 4.74 Å². The minimum absolute atomic E-state index is 0.553. The summed E-state index contributed by atoms with van der Waals surface area (Å²) < 4.78 is 5.97. The average molecular weight is 393 g/mol. The summed E-state index contributed by atoms with van der Waals surface area (Å²) in [5.74, 6) is 1.57. The average Bonchev–Trinajstić information content (AvgIpc) is 3.22. The molecule has 0 aliphatic rings. The topological polar surface area (TPSA) is 26.3 Å². The van der Waals surface area contributed by atoms with Crippen LogP contribution >= 0.6 is 11.3 Å². The molecular formula is C25H28O2S. The van der Waals surface area contributed by atoms with E-state index >= 15 is 0 Å². The van der Waals surface area contributed by atoms with Crippen molar-refractivity contribution >= 4 is 17.6 Å². The number of hydrogen-bond donors (Lipinski definition) is 0. The van der Waals surface area contributed by atoms with Gasteiger partial charge in [-0.05, 0) is 59.7 Å². The molecule has 28 heavy (non-hydrogen) atoms. The Hall–Kier alpha value is -2.39. The molecule has 0 saturated heterocycles. The molecule has 0 spiro atoms.